The number of β-amino-alcohol motifs (C(OH)–C–C–N with tert-alkyl or cyclic N) is 1. The summed E-state index contributed by atoms with van der Waals surface area (Å²) >= 11 is 1.71. The minimum Gasteiger partial charge on any atom is -0.389 e. The molecule has 1 aliphatic heterocycles. The van der Waals surface area contributed by atoms with Crippen LogP contribution < -0.4 is 4.90 Å². The summed E-state index contributed by atoms with van der Waals surface area (Å²) in [6.07, 6.45) is -0.442. The summed E-state index contributed by atoms with van der Waals surface area (Å²) < 4.78 is 5.62. The number of hydrogen-bond acceptors (Lipinski definition) is 6. The van der Waals surface area contributed by atoms with Crippen molar-refractivity contribution in [1.82, 2.24) is 9.88 Å². The molecule has 1 aliphatic rings. The number of benzene rings is 1. The van der Waals surface area contributed by atoms with E-state index in [9.17, 15) is 5.11 Å². The first kappa shape index (κ1) is 17.4. The largest absolute Gasteiger partial charge is 0.389 e. The van der Waals surface area contributed by atoms with Crippen molar-refractivity contribution in [2.45, 2.75) is 19.6 Å². The maximum absolute atomic E-state index is 10.2. The highest BCUT2D eigenvalue weighted by molar-refractivity contribution is 7.13. The lowest BCUT2D eigenvalue weighted by molar-refractivity contribution is 0.00914. The van der Waals surface area contributed by atoms with Crippen molar-refractivity contribution in [3.63, 3.8) is 0 Å². The predicted octanol–water partition coefficient (Wildman–Crippen LogP) is 2.15. The Kier molecular flexibility index (Phi) is 6.20. The van der Waals surface area contributed by atoms with Crippen molar-refractivity contribution in [2.75, 3.05) is 44.2 Å². The molecule has 0 bridgehead atoms. The Morgan fingerprint density at radius 2 is 1.96 bits per heavy atom. The van der Waals surface area contributed by atoms with Gasteiger partial charge in [-0.3, -0.25) is 4.90 Å². The maximum atomic E-state index is 10.2. The van der Waals surface area contributed by atoms with E-state index in [4.69, 9.17) is 4.74 Å². The van der Waals surface area contributed by atoms with Gasteiger partial charge >= 0.3 is 0 Å². The molecule has 2 heterocycles. The van der Waals surface area contributed by atoms with E-state index in [1.165, 1.54) is 0 Å². The van der Waals surface area contributed by atoms with Crippen LogP contribution in [0.15, 0.2) is 35.7 Å². The van der Waals surface area contributed by atoms with Gasteiger partial charge in [0, 0.05) is 38.1 Å². The van der Waals surface area contributed by atoms with Gasteiger partial charge in [0.15, 0.2) is 5.13 Å². The van der Waals surface area contributed by atoms with E-state index in [1.807, 2.05) is 37.3 Å². The molecule has 24 heavy (non-hydrogen) atoms. The molecule has 1 aromatic carbocycles. The van der Waals surface area contributed by atoms with Crippen LogP contribution in [0, 0.1) is 6.92 Å². The van der Waals surface area contributed by atoms with Crippen LogP contribution in [0.2, 0.25) is 0 Å². The maximum Gasteiger partial charge on any atom is 0.185 e. The van der Waals surface area contributed by atoms with E-state index in [0.29, 0.717) is 19.8 Å². The van der Waals surface area contributed by atoms with E-state index in [2.05, 4.69) is 20.2 Å². The van der Waals surface area contributed by atoms with Gasteiger partial charge in [-0.2, -0.15) is 0 Å². The number of aliphatic hydroxyl groups excluding tert-OH is 1. The third kappa shape index (κ3) is 5.01. The lowest BCUT2D eigenvalue weighted by Gasteiger charge is -2.35. The molecule has 1 saturated heterocycles. The molecule has 0 radical (unpaired) electrons. The van der Waals surface area contributed by atoms with Gasteiger partial charge < -0.3 is 14.7 Å². The first-order chi connectivity index (χ1) is 11.7. The summed E-state index contributed by atoms with van der Waals surface area (Å²) in [6, 6.07) is 10.1. The normalized spacial score (nSPS) is 17.2. The zero-order valence-corrected chi connectivity index (χ0v) is 14.9. The molecule has 0 unspecified atom stereocenters. The smallest absolute Gasteiger partial charge is 0.185 e. The van der Waals surface area contributed by atoms with Crippen LogP contribution in [0.25, 0.3) is 0 Å². The first-order valence-electron chi connectivity index (χ1n) is 8.40. The highest BCUT2D eigenvalue weighted by Crippen LogP contribution is 2.21. The summed E-state index contributed by atoms with van der Waals surface area (Å²) in [4.78, 5) is 9.17. The molecule has 0 saturated carbocycles. The molecule has 1 aromatic heterocycles. The molecule has 5 nitrogen and oxygen atoms in total. The Morgan fingerprint density at radius 3 is 2.62 bits per heavy atom. The van der Waals surface area contributed by atoms with Crippen LogP contribution in [-0.4, -0.2) is 60.4 Å². The van der Waals surface area contributed by atoms with Crippen LogP contribution in [0.5, 0.6) is 0 Å². The fraction of sp³-hybridized carbons (Fsp3) is 0.500. The molecular formula is C18H25N3O2S. The van der Waals surface area contributed by atoms with Crippen molar-refractivity contribution in [2.24, 2.45) is 0 Å². The SMILES string of the molecule is Cc1csc(N2CCN(C[C@@H](O)COCc3ccccc3)CC2)n1. The van der Waals surface area contributed by atoms with Gasteiger partial charge in [0.25, 0.3) is 0 Å². The summed E-state index contributed by atoms with van der Waals surface area (Å²) in [7, 11) is 0. The van der Waals surface area contributed by atoms with Crippen molar-refractivity contribution >= 4 is 16.5 Å². The topological polar surface area (TPSA) is 48.8 Å². The fourth-order valence-electron chi connectivity index (χ4n) is 2.85. The van der Waals surface area contributed by atoms with Gasteiger partial charge in [-0.25, -0.2) is 4.98 Å². The van der Waals surface area contributed by atoms with Gasteiger partial charge in [-0.1, -0.05) is 30.3 Å². The predicted molar refractivity (Wildman–Crippen MR) is 97.6 cm³/mol. The van der Waals surface area contributed by atoms with Gasteiger partial charge in [0.1, 0.15) is 0 Å². The van der Waals surface area contributed by atoms with Crippen LogP contribution >= 0.6 is 11.3 Å². The lowest BCUT2D eigenvalue weighted by Crippen LogP contribution is -2.49. The number of nitrogens with zero attached hydrogens (tertiary/aromatic N) is 3. The minimum atomic E-state index is -0.442. The Hall–Kier alpha value is -1.47. The highest BCUT2D eigenvalue weighted by atomic mass is 32.1. The van der Waals surface area contributed by atoms with Gasteiger partial charge in [0.2, 0.25) is 0 Å². The second-order valence-electron chi connectivity index (χ2n) is 6.21. The standard InChI is InChI=1S/C18H25N3O2S/c1-15-14-24-18(19-15)21-9-7-20(8-10-21)11-17(22)13-23-12-16-5-3-2-4-6-16/h2-6,14,17,22H,7-13H2,1H3/t17-/m1/s1. The van der Waals surface area contributed by atoms with E-state index in [-0.39, 0.29) is 0 Å². The molecule has 130 valence electrons. The number of rotatable bonds is 7. The van der Waals surface area contributed by atoms with E-state index in [1.54, 1.807) is 11.3 Å². The second kappa shape index (κ2) is 8.58. The van der Waals surface area contributed by atoms with Crippen LogP contribution in [0.1, 0.15) is 11.3 Å². The molecule has 1 N–H and O–H groups in total. The van der Waals surface area contributed by atoms with Crippen molar-refractivity contribution in [3.05, 3.63) is 47.0 Å². The Labute approximate surface area is 147 Å². The van der Waals surface area contributed by atoms with Crippen molar-refractivity contribution < 1.29 is 9.84 Å². The first-order valence-corrected chi connectivity index (χ1v) is 9.28. The van der Waals surface area contributed by atoms with Crippen LogP contribution in [0.3, 0.4) is 0 Å². The number of thiazole rings is 1. The monoisotopic (exact) mass is 347 g/mol. The molecule has 0 aliphatic carbocycles. The van der Waals surface area contributed by atoms with Crippen molar-refractivity contribution in [3.8, 4) is 0 Å². The second-order valence-corrected chi connectivity index (χ2v) is 7.05. The third-order valence-electron chi connectivity index (χ3n) is 4.14. The number of hydrogen-bond donors (Lipinski definition) is 1. The van der Waals surface area contributed by atoms with Crippen molar-refractivity contribution in [1.29, 1.82) is 0 Å². The van der Waals surface area contributed by atoms with E-state index >= 15 is 0 Å². The Balaban J connectivity index is 1.35. The molecule has 0 spiro atoms. The number of aromatic nitrogens is 1. The lowest BCUT2D eigenvalue weighted by atomic mass is 10.2. The molecular weight excluding hydrogens is 322 g/mol. The zero-order chi connectivity index (χ0) is 16.8. The molecule has 3 rings (SSSR count). The number of ether oxygens (including phenoxy) is 1. The number of aryl methyl sites for hydroxylation is 1. The average Bonchev–Trinajstić information content (AvgIpc) is 3.03. The molecule has 1 atom stereocenters. The fourth-order valence-corrected chi connectivity index (χ4v) is 3.70. The van der Waals surface area contributed by atoms with E-state index in [0.717, 1.165) is 42.6 Å². The Morgan fingerprint density at radius 1 is 1.21 bits per heavy atom. The highest BCUT2D eigenvalue weighted by Gasteiger charge is 2.21. The number of anilines is 1. The average molecular weight is 347 g/mol. The van der Waals surface area contributed by atoms with E-state index < -0.39 is 6.10 Å². The minimum absolute atomic E-state index is 0.376. The molecule has 1 fully saturated rings. The van der Waals surface area contributed by atoms with Gasteiger partial charge in [0.05, 0.1) is 25.0 Å². The molecule has 0 amide bonds. The number of aliphatic hydroxyl groups is 1. The zero-order valence-electron chi connectivity index (χ0n) is 14.1. The number of piperazine rings is 1. The summed E-state index contributed by atoms with van der Waals surface area (Å²) in [6.45, 7) is 7.45. The van der Waals surface area contributed by atoms with Gasteiger partial charge in [-0.05, 0) is 12.5 Å². The molecule has 2 aromatic rings. The van der Waals surface area contributed by atoms with Crippen LogP contribution in [0.4, 0.5) is 5.13 Å². The Bertz CT molecular complexity index is 612. The quantitative estimate of drug-likeness (QED) is 0.832. The van der Waals surface area contributed by atoms with Gasteiger partial charge in [-0.15, -0.1) is 11.3 Å². The molecule has 6 heteroatoms. The summed E-state index contributed by atoms with van der Waals surface area (Å²) in [5.74, 6) is 0. The summed E-state index contributed by atoms with van der Waals surface area (Å²) in [5, 5.41) is 13.4. The summed E-state index contributed by atoms with van der Waals surface area (Å²) in [5.41, 5.74) is 2.22. The third-order valence-corrected chi connectivity index (χ3v) is 5.16. The van der Waals surface area contributed by atoms with Crippen LogP contribution in [-0.2, 0) is 11.3 Å².